The normalized spacial score (nSPS) is 27.6. The molecule has 0 radical (unpaired) electrons. The van der Waals surface area contributed by atoms with Crippen molar-refractivity contribution in [1.29, 1.82) is 0 Å². The summed E-state index contributed by atoms with van der Waals surface area (Å²) in [6, 6.07) is 7.58. The molecule has 2 aliphatic rings. The summed E-state index contributed by atoms with van der Waals surface area (Å²) in [5.41, 5.74) is 3.55. The Morgan fingerprint density at radius 1 is 1.00 bits per heavy atom. The summed E-state index contributed by atoms with van der Waals surface area (Å²) in [7, 11) is 0. The molecule has 0 fully saturated rings. The molecule has 2 aliphatic carbocycles. The van der Waals surface area contributed by atoms with Gasteiger partial charge >= 0.3 is 0 Å². The van der Waals surface area contributed by atoms with Crippen molar-refractivity contribution >= 4 is 0 Å². The molecule has 0 amide bonds. The van der Waals surface area contributed by atoms with Crippen LogP contribution in [0.25, 0.3) is 0 Å². The van der Waals surface area contributed by atoms with E-state index in [1.807, 2.05) is 30.3 Å². The lowest BCUT2D eigenvalue weighted by atomic mass is 9.78. The summed E-state index contributed by atoms with van der Waals surface area (Å²) < 4.78 is 0. The molecular weight excluding hydrogens is 200 g/mol. The number of hydrogen-bond donors (Lipinski definition) is 2. The maximum Gasteiger partial charge on any atom is 0.104 e. The number of allylic oxidation sites excluding steroid dienone is 1. The molecule has 0 saturated carbocycles. The predicted molar refractivity (Wildman–Crippen MR) is 61.8 cm³/mol. The number of rotatable bonds is 0. The van der Waals surface area contributed by atoms with Crippen LogP contribution in [0.15, 0.2) is 47.6 Å². The molecule has 0 bridgehead atoms. The van der Waals surface area contributed by atoms with Crippen molar-refractivity contribution in [2.45, 2.75) is 25.0 Å². The molecule has 2 nitrogen and oxygen atoms in total. The second-order valence-corrected chi connectivity index (χ2v) is 4.36. The van der Waals surface area contributed by atoms with E-state index in [1.54, 1.807) is 0 Å². The van der Waals surface area contributed by atoms with Crippen LogP contribution in [0.3, 0.4) is 0 Å². The predicted octanol–water partition coefficient (Wildman–Crippen LogP) is 2.41. The minimum Gasteiger partial charge on any atom is -0.384 e. The van der Waals surface area contributed by atoms with Crippen molar-refractivity contribution in [1.82, 2.24) is 0 Å². The van der Waals surface area contributed by atoms with Crippen LogP contribution in [0.2, 0.25) is 0 Å². The van der Waals surface area contributed by atoms with Gasteiger partial charge in [0.25, 0.3) is 0 Å². The Labute approximate surface area is 94.5 Å². The highest BCUT2D eigenvalue weighted by Gasteiger charge is 2.31. The maximum absolute atomic E-state index is 10.3. The Kier molecular flexibility index (Phi) is 2.20. The number of hydrogen-bond acceptors (Lipinski definition) is 2. The lowest BCUT2D eigenvalue weighted by Crippen LogP contribution is -2.19. The molecule has 16 heavy (non-hydrogen) atoms. The van der Waals surface area contributed by atoms with E-state index in [0.29, 0.717) is 0 Å². The average molecular weight is 214 g/mol. The summed E-state index contributed by atoms with van der Waals surface area (Å²) in [5.74, 6) is 0. The Morgan fingerprint density at radius 3 is 2.44 bits per heavy atom. The van der Waals surface area contributed by atoms with Crippen LogP contribution in [-0.4, -0.2) is 10.2 Å². The molecule has 2 unspecified atom stereocenters. The molecule has 82 valence electrons. The summed E-state index contributed by atoms with van der Waals surface area (Å²) >= 11 is 0. The van der Waals surface area contributed by atoms with Crippen molar-refractivity contribution < 1.29 is 10.2 Å². The van der Waals surface area contributed by atoms with Gasteiger partial charge in [0.2, 0.25) is 0 Å². The van der Waals surface area contributed by atoms with Crippen LogP contribution in [-0.2, 0) is 0 Å². The standard InChI is InChI=1S/C14H14O2/c15-13-9-5-1-2-6-10(9)14(16)12-8-4-3-7-11(12)13/h1-3,5-7,13-16H,4,8H2. The third-order valence-corrected chi connectivity index (χ3v) is 3.46. The first-order valence-electron chi connectivity index (χ1n) is 5.63. The monoisotopic (exact) mass is 214 g/mol. The molecule has 2 heteroatoms. The SMILES string of the molecule is OC1C2=C(CCC=C2)C(O)c2ccccc21. The van der Waals surface area contributed by atoms with E-state index in [0.717, 1.165) is 35.1 Å². The van der Waals surface area contributed by atoms with Crippen molar-refractivity contribution in [2.24, 2.45) is 0 Å². The molecule has 3 rings (SSSR count). The van der Waals surface area contributed by atoms with Gasteiger partial charge in [-0.2, -0.15) is 0 Å². The number of aliphatic hydroxyl groups is 2. The van der Waals surface area contributed by atoms with Crippen LogP contribution < -0.4 is 0 Å². The molecule has 0 aliphatic heterocycles. The molecule has 0 aromatic heterocycles. The van der Waals surface area contributed by atoms with Crippen molar-refractivity contribution in [3.05, 3.63) is 58.7 Å². The highest BCUT2D eigenvalue weighted by Crippen LogP contribution is 2.43. The van der Waals surface area contributed by atoms with Crippen molar-refractivity contribution in [3.63, 3.8) is 0 Å². The lowest BCUT2D eigenvalue weighted by Gasteiger charge is -2.31. The maximum atomic E-state index is 10.3. The third-order valence-electron chi connectivity index (χ3n) is 3.46. The molecule has 0 saturated heterocycles. The van der Waals surface area contributed by atoms with E-state index in [-0.39, 0.29) is 0 Å². The topological polar surface area (TPSA) is 40.5 Å². The Morgan fingerprint density at radius 2 is 1.69 bits per heavy atom. The zero-order chi connectivity index (χ0) is 11.1. The number of benzene rings is 1. The smallest absolute Gasteiger partial charge is 0.104 e. The molecule has 0 heterocycles. The van der Waals surface area contributed by atoms with Gasteiger partial charge in [0.05, 0.1) is 0 Å². The summed E-state index contributed by atoms with van der Waals surface area (Å²) in [5, 5.41) is 20.5. The van der Waals surface area contributed by atoms with Gasteiger partial charge in [0, 0.05) is 0 Å². The Bertz CT molecular complexity index is 485. The Balaban J connectivity index is 2.18. The zero-order valence-corrected chi connectivity index (χ0v) is 8.93. The van der Waals surface area contributed by atoms with Crippen LogP contribution >= 0.6 is 0 Å². The Hall–Kier alpha value is -1.38. The van der Waals surface area contributed by atoms with Gasteiger partial charge in [-0.25, -0.2) is 0 Å². The largest absolute Gasteiger partial charge is 0.384 e. The van der Waals surface area contributed by atoms with E-state index in [9.17, 15) is 10.2 Å². The van der Waals surface area contributed by atoms with E-state index in [2.05, 4.69) is 6.08 Å². The highest BCUT2D eigenvalue weighted by molar-refractivity contribution is 5.50. The first kappa shape index (κ1) is 9.82. The van der Waals surface area contributed by atoms with Crippen molar-refractivity contribution in [3.8, 4) is 0 Å². The fraction of sp³-hybridized carbons (Fsp3) is 0.286. The fourth-order valence-corrected chi connectivity index (χ4v) is 2.63. The molecule has 0 spiro atoms. The van der Waals surface area contributed by atoms with Crippen LogP contribution in [0.4, 0.5) is 0 Å². The molecular formula is C14H14O2. The second kappa shape index (κ2) is 3.58. The van der Waals surface area contributed by atoms with Gasteiger partial charge in [-0.1, -0.05) is 36.4 Å². The molecule has 1 aromatic carbocycles. The number of aliphatic hydroxyl groups excluding tert-OH is 2. The van der Waals surface area contributed by atoms with E-state index in [4.69, 9.17) is 0 Å². The lowest BCUT2D eigenvalue weighted by molar-refractivity contribution is 0.167. The van der Waals surface area contributed by atoms with Gasteiger partial charge in [-0.05, 0) is 35.1 Å². The van der Waals surface area contributed by atoms with Gasteiger partial charge in [0.1, 0.15) is 12.2 Å². The van der Waals surface area contributed by atoms with Gasteiger partial charge in [-0.15, -0.1) is 0 Å². The zero-order valence-electron chi connectivity index (χ0n) is 8.93. The van der Waals surface area contributed by atoms with E-state index < -0.39 is 12.2 Å². The molecule has 2 atom stereocenters. The summed E-state index contributed by atoms with van der Waals surface area (Å²) in [6.07, 6.45) is 4.68. The summed E-state index contributed by atoms with van der Waals surface area (Å²) in [4.78, 5) is 0. The third kappa shape index (κ3) is 1.27. The molecule has 2 N–H and O–H groups in total. The summed E-state index contributed by atoms with van der Waals surface area (Å²) in [6.45, 7) is 0. The first-order chi connectivity index (χ1) is 7.79. The van der Waals surface area contributed by atoms with Gasteiger partial charge in [-0.3, -0.25) is 0 Å². The van der Waals surface area contributed by atoms with E-state index in [1.165, 1.54) is 0 Å². The second-order valence-electron chi connectivity index (χ2n) is 4.36. The first-order valence-corrected chi connectivity index (χ1v) is 5.63. The van der Waals surface area contributed by atoms with Gasteiger partial charge < -0.3 is 10.2 Å². The number of fused-ring (bicyclic) bond motifs is 1. The van der Waals surface area contributed by atoms with Gasteiger partial charge in [0.15, 0.2) is 0 Å². The van der Waals surface area contributed by atoms with Crippen LogP contribution in [0.1, 0.15) is 36.2 Å². The minimum absolute atomic E-state index is 0.542. The van der Waals surface area contributed by atoms with E-state index >= 15 is 0 Å². The highest BCUT2D eigenvalue weighted by atomic mass is 16.3. The quantitative estimate of drug-likeness (QED) is 0.696. The van der Waals surface area contributed by atoms with Crippen LogP contribution in [0, 0.1) is 0 Å². The van der Waals surface area contributed by atoms with Crippen LogP contribution in [0.5, 0.6) is 0 Å². The average Bonchev–Trinajstić information content (AvgIpc) is 2.36. The molecule has 1 aromatic rings. The minimum atomic E-state index is -0.578. The van der Waals surface area contributed by atoms with Crippen molar-refractivity contribution in [2.75, 3.05) is 0 Å². The fourth-order valence-electron chi connectivity index (χ4n) is 2.63.